The van der Waals surface area contributed by atoms with Crippen LogP contribution in [0.25, 0.3) is 27.3 Å². The summed E-state index contributed by atoms with van der Waals surface area (Å²) >= 11 is 0. The van der Waals surface area contributed by atoms with E-state index in [1.165, 1.54) is 32.8 Å². The van der Waals surface area contributed by atoms with Gasteiger partial charge in [0.05, 0.1) is 5.52 Å². The maximum atomic E-state index is 4.61. The van der Waals surface area contributed by atoms with E-state index in [0.29, 0.717) is 0 Å². The minimum absolute atomic E-state index is 0.941. The van der Waals surface area contributed by atoms with E-state index in [-0.39, 0.29) is 0 Å². The minimum atomic E-state index is 0.941. The van der Waals surface area contributed by atoms with Gasteiger partial charge in [-0.1, -0.05) is 60.7 Å². The Hall–Kier alpha value is -3.13. The van der Waals surface area contributed by atoms with Gasteiger partial charge in [-0.25, -0.2) is 4.98 Å². The van der Waals surface area contributed by atoms with Crippen molar-refractivity contribution in [3.63, 3.8) is 0 Å². The van der Waals surface area contributed by atoms with E-state index in [0.717, 1.165) is 12.1 Å². The number of imidazole rings is 1. The van der Waals surface area contributed by atoms with Gasteiger partial charge in [-0.05, 0) is 35.1 Å². The van der Waals surface area contributed by atoms with Crippen molar-refractivity contribution in [2.75, 3.05) is 0 Å². The van der Waals surface area contributed by atoms with Crippen LogP contribution in [0.15, 0.2) is 85.2 Å². The van der Waals surface area contributed by atoms with Gasteiger partial charge >= 0.3 is 0 Å². The van der Waals surface area contributed by atoms with Crippen LogP contribution in [-0.4, -0.2) is 9.38 Å². The second-order valence-corrected chi connectivity index (χ2v) is 6.18. The number of fused-ring (bicyclic) bond motifs is 6. The third kappa shape index (κ3) is 2.00. The SMILES string of the molecule is c1ccc(Cc2ccc3c4ccccc4n4ccnc4c3c2)cc1. The third-order valence-corrected chi connectivity index (χ3v) is 4.67. The van der Waals surface area contributed by atoms with Crippen LogP contribution in [0.2, 0.25) is 0 Å². The fourth-order valence-electron chi connectivity index (χ4n) is 3.56. The topological polar surface area (TPSA) is 17.3 Å². The maximum absolute atomic E-state index is 4.61. The predicted octanol–water partition coefficient (Wildman–Crippen LogP) is 5.23. The summed E-state index contributed by atoms with van der Waals surface area (Å²) in [5.74, 6) is 0. The Morgan fingerprint density at radius 2 is 1.54 bits per heavy atom. The molecule has 2 heteroatoms. The summed E-state index contributed by atoms with van der Waals surface area (Å²) in [6.45, 7) is 0. The van der Waals surface area contributed by atoms with Crippen molar-refractivity contribution in [1.29, 1.82) is 0 Å². The first-order chi connectivity index (χ1) is 11.9. The van der Waals surface area contributed by atoms with E-state index in [4.69, 9.17) is 0 Å². The molecule has 5 rings (SSSR count). The second kappa shape index (κ2) is 5.20. The van der Waals surface area contributed by atoms with Crippen LogP contribution >= 0.6 is 0 Å². The van der Waals surface area contributed by atoms with Crippen LogP contribution in [0.1, 0.15) is 11.1 Å². The Labute approximate surface area is 140 Å². The molecular formula is C22H16N2. The lowest BCUT2D eigenvalue weighted by Crippen LogP contribution is -1.93. The van der Waals surface area contributed by atoms with Crippen molar-refractivity contribution >= 4 is 27.3 Å². The molecule has 0 saturated carbocycles. The molecule has 0 atom stereocenters. The summed E-state index contributed by atoms with van der Waals surface area (Å²) in [7, 11) is 0. The lowest BCUT2D eigenvalue weighted by Gasteiger charge is -2.10. The molecule has 2 aromatic heterocycles. The normalized spacial score (nSPS) is 11.5. The van der Waals surface area contributed by atoms with Crippen molar-refractivity contribution in [3.8, 4) is 0 Å². The first-order valence-corrected chi connectivity index (χ1v) is 8.20. The number of para-hydroxylation sites is 1. The van der Waals surface area contributed by atoms with Gasteiger partial charge in [0.1, 0.15) is 5.65 Å². The van der Waals surface area contributed by atoms with Crippen LogP contribution in [-0.2, 0) is 6.42 Å². The molecular weight excluding hydrogens is 292 g/mol. The zero-order valence-corrected chi connectivity index (χ0v) is 13.2. The number of aromatic nitrogens is 2. The molecule has 0 aliphatic rings. The Kier molecular flexibility index (Phi) is 2.89. The summed E-state index contributed by atoms with van der Waals surface area (Å²) in [5, 5.41) is 3.75. The number of hydrogen-bond acceptors (Lipinski definition) is 1. The number of hydrogen-bond donors (Lipinski definition) is 0. The van der Waals surface area contributed by atoms with Gasteiger partial charge in [-0.15, -0.1) is 0 Å². The summed E-state index contributed by atoms with van der Waals surface area (Å²) in [5.41, 5.74) is 4.87. The lowest BCUT2D eigenvalue weighted by molar-refractivity contribution is 1.20. The quantitative estimate of drug-likeness (QED) is 0.408. The highest BCUT2D eigenvalue weighted by atomic mass is 15.0. The first-order valence-electron chi connectivity index (χ1n) is 8.20. The number of nitrogens with zero attached hydrogens (tertiary/aromatic N) is 2. The molecule has 0 aliphatic carbocycles. The summed E-state index contributed by atoms with van der Waals surface area (Å²) in [6.07, 6.45) is 4.86. The number of benzene rings is 3. The molecule has 0 bridgehead atoms. The fourth-order valence-corrected chi connectivity index (χ4v) is 3.56. The van der Waals surface area contributed by atoms with Gasteiger partial charge in [-0.2, -0.15) is 0 Å². The maximum Gasteiger partial charge on any atom is 0.145 e. The standard InChI is InChI=1S/C22H16N2/c1-2-6-16(7-3-1)14-17-10-11-18-19-8-4-5-9-21(19)24-13-12-23-22(24)20(18)15-17/h1-13,15H,14H2. The summed E-state index contributed by atoms with van der Waals surface area (Å²) in [4.78, 5) is 4.61. The van der Waals surface area contributed by atoms with Gasteiger partial charge in [-0.3, -0.25) is 4.40 Å². The third-order valence-electron chi connectivity index (χ3n) is 4.67. The van der Waals surface area contributed by atoms with Gasteiger partial charge in [0.15, 0.2) is 0 Å². The van der Waals surface area contributed by atoms with E-state index in [1.54, 1.807) is 0 Å². The molecule has 0 spiro atoms. The van der Waals surface area contributed by atoms with Gasteiger partial charge < -0.3 is 0 Å². The first kappa shape index (κ1) is 13.3. The lowest BCUT2D eigenvalue weighted by atomic mass is 9.99. The Balaban J connectivity index is 1.79. The van der Waals surface area contributed by atoms with Crippen LogP contribution in [0.5, 0.6) is 0 Å². The van der Waals surface area contributed by atoms with Crippen molar-refractivity contribution in [3.05, 3.63) is 96.3 Å². The molecule has 0 saturated heterocycles. The molecule has 0 amide bonds. The molecule has 2 heterocycles. The molecule has 3 aromatic carbocycles. The Bertz CT molecular complexity index is 1170. The Morgan fingerprint density at radius 3 is 2.46 bits per heavy atom. The smallest absolute Gasteiger partial charge is 0.145 e. The van der Waals surface area contributed by atoms with Crippen LogP contribution < -0.4 is 0 Å². The Morgan fingerprint density at radius 1 is 0.708 bits per heavy atom. The van der Waals surface area contributed by atoms with Gasteiger partial charge in [0.25, 0.3) is 0 Å². The molecule has 5 aromatic rings. The molecule has 114 valence electrons. The zero-order valence-electron chi connectivity index (χ0n) is 13.2. The monoisotopic (exact) mass is 308 g/mol. The molecule has 0 unspecified atom stereocenters. The van der Waals surface area contributed by atoms with Crippen molar-refractivity contribution in [1.82, 2.24) is 9.38 Å². The highest BCUT2D eigenvalue weighted by molar-refractivity contribution is 6.11. The molecule has 0 fully saturated rings. The van der Waals surface area contributed by atoms with Crippen molar-refractivity contribution in [2.24, 2.45) is 0 Å². The number of pyridine rings is 1. The largest absolute Gasteiger partial charge is 0.299 e. The molecule has 0 aliphatic heterocycles. The van der Waals surface area contributed by atoms with Gasteiger partial charge in [0, 0.05) is 23.2 Å². The molecule has 24 heavy (non-hydrogen) atoms. The molecule has 0 radical (unpaired) electrons. The second-order valence-electron chi connectivity index (χ2n) is 6.18. The predicted molar refractivity (Wildman–Crippen MR) is 99.5 cm³/mol. The summed E-state index contributed by atoms with van der Waals surface area (Å²) < 4.78 is 2.18. The number of rotatable bonds is 2. The van der Waals surface area contributed by atoms with E-state index in [9.17, 15) is 0 Å². The molecule has 2 nitrogen and oxygen atoms in total. The fraction of sp³-hybridized carbons (Fsp3) is 0.0455. The van der Waals surface area contributed by atoms with Crippen LogP contribution in [0.3, 0.4) is 0 Å². The zero-order chi connectivity index (χ0) is 15.9. The van der Waals surface area contributed by atoms with E-state index >= 15 is 0 Å². The minimum Gasteiger partial charge on any atom is -0.299 e. The van der Waals surface area contributed by atoms with Gasteiger partial charge in [0.2, 0.25) is 0 Å². The van der Waals surface area contributed by atoms with E-state index < -0.39 is 0 Å². The highest BCUT2D eigenvalue weighted by Crippen LogP contribution is 2.30. The average molecular weight is 308 g/mol. The van der Waals surface area contributed by atoms with Crippen LogP contribution in [0.4, 0.5) is 0 Å². The summed E-state index contributed by atoms with van der Waals surface area (Å²) in [6, 6.07) is 25.9. The van der Waals surface area contributed by atoms with E-state index in [2.05, 4.69) is 82.2 Å². The van der Waals surface area contributed by atoms with E-state index in [1.807, 2.05) is 12.4 Å². The van der Waals surface area contributed by atoms with Crippen molar-refractivity contribution < 1.29 is 0 Å². The average Bonchev–Trinajstić information content (AvgIpc) is 3.13. The van der Waals surface area contributed by atoms with Crippen molar-refractivity contribution in [2.45, 2.75) is 6.42 Å². The van der Waals surface area contributed by atoms with Crippen LogP contribution in [0, 0.1) is 0 Å². The highest BCUT2D eigenvalue weighted by Gasteiger charge is 2.09. The molecule has 0 N–H and O–H groups in total.